The van der Waals surface area contributed by atoms with Crippen LogP contribution in [0, 0.1) is 0 Å². The van der Waals surface area contributed by atoms with Crippen LogP contribution in [-0.4, -0.2) is 5.16 Å². The first-order chi connectivity index (χ1) is 9.81. The van der Waals surface area contributed by atoms with Crippen LogP contribution in [0.5, 0.6) is 5.75 Å². The topological polar surface area (TPSA) is 61.3 Å². The molecule has 2 aromatic carbocycles. The van der Waals surface area contributed by atoms with Crippen molar-refractivity contribution < 1.29 is 9.26 Å². The number of ether oxygens (including phenoxy) is 1. The molecular formula is C16H14N2O2. The van der Waals surface area contributed by atoms with Gasteiger partial charge < -0.3 is 15.0 Å². The fraction of sp³-hybridized carbons (Fsp3) is 0.0625. The van der Waals surface area contributed by atoms with Crippen molar-refractivity contribution in [3.63, 3.8) is 0 Å². The maximum absolute atomic E-state index is 5.62. The van der Waals surface area contributed by atoms with Crippen molar-refractivity contribution in [1.82, 2.24) is 5.16 Å². The van der Waals surface area contributed by atoms with Crippen LogP contribution in [0.4, 0.5) is 5.69 Å². The molecule has 0 aliphatic carbocycles. The summed E-state index contributed by atoms with van der Waals surface area (Å²) in [5, 5.41) is 4.04. The molecule has 3 aromatic rings. The molecule has 0 radical (unpaired) electrons. The van der Waals surface area contributed by atoms with E-state index in [1.54, 1.807) is 12.1 Å². The van der Waals surface area contributed by atoms with E-state index in [0.29, 0.717) is 18.1 Å². The van der Waals surface area contributed by atoms with E-state index in [9.17, 15) is 0 Å². The Hall–Kier alpha value is -2.75. The van der Waals surface area contributed by atoms with Gasteiger partial charge in [-0.3, -0.25) is 0 Å². The standard InChI is InChI=1S/C16H14N2O2/c17-13-6-8-14(9-7-13)19-11-15-10-16(18-20-15)12-4-2-1-3-5-12/h1-10H,11,17H2. The average Bonchev–Trinajstić information content (AvgIpc) is 2.97. The summed E-state index contributed by atoms with van der Waals surface area (Å²) < 4.78 is 10.9. The van der Waals surface area contributed by atoms with E-state index in [1.165, 1.54) is 0 Å². The SMILES string of the molecule is Nc1ccc(OCc2cc(-c3ccccc3)no2)cc1. The number of nitrogen functional groups attached to an aromatic ring is 1. The van der Waals surface area contributed by atoms with Gasteiger partial charge in [0.25, 0.3) is 0 Å². The number of rotatable bonds is 4. The molecule has 0 amide bonds. The van der Waals surface area contributed by atoms with Crippen LogP contribution >= 0.6 is 0 Å². The lowest BCUT2D eigenvalue weighted by molar-refractivity contribution is 0.249. The number of hydrogen-bond acceptors (Lipinski definition) is 4. The largest absolute Gasteiger partial charge is 0.486 e. The van der Waals surface area contributed by atoms with E-state index in [0.717, 1.165) is 17.0 Å². The van der Waals surface area contributed by atoms with Crippen LogP contribution in [0.15, 0.2) is 65.2 Å². The molecule has 20 heavy (non-hydrogen) atoms. The molecule has 0 unspecified atom stereocenters. The van der Waals surface area contributed by atoms with Gasteiger partial charge in [0.15, 0.2) is 5.76 Å². The molecule has 0 fully saturated rings. The van der Waals surface area contributed by atoms with Gasteiger partial charge in [-0.15, -0.1) is 0 Å². The molecule has 0 atom stereocenters. The summed E-state index contributed by atoms with van der Waals surface area (Å²) in [6.45, 7) is 0.337. The van der Waals surface area contributed by atoms with Crippen molar-refractivity contribution in [2.24, 2.45) is 0 Å². The number of hydrogen-bond donors (Lipinski definition) is 1. The highest BCUT2D eigenvalue weighted by Crippen LogP contribution is 2.20. The molecule has 0 bridgehead atoms. The number of benzene rings is 2. The van der Waals surface area contributed by atoms with Gasteiger partial charge in [-0.1, -0.05) is 35.5 Å². The van der Waals surface area contributed by atoms with Crippen LogP contribution in [0.2, 0.25) is 0 Å². The van der Waals surface area contributed by atoms with Crippen LogP contribution in [0.1, 0.15) is 5.76 Å². The van der Waals surface area contributed by atoms with E-state index in [2.05, 4.69) is 5.16 Å². The lowest BCUT2D eigenvalue weighted by atomic mass is 10.1. The Kier molecular flexibility index (Phi) is 3.37. The zero-order chi connectivity index (χ0) is 13.8. The quantitative estimate of drug-likeness (QED) is 0.734. The average molecular weight is 266 g/mol. The summed E-state index contributed by atoms with van der Waals surface area (Å²) in [4.78, 5) is 0. The molecule has 0 aliphatic heterocycles. The van der Waals surface area contributed by atoms with Gasteiger partial charge in [0.2, 0.25) is 0 Å². The van der Waals surface area contributed by atoms with Crippen LogP contribution in [0.3, 0.4) is 0 Å². The normalized spacial score (nSPS) is 10.4. The lowest BCUT2D eigenvalue weighted by Crippen LogP contribution is -1.94. The van der Waals surface area contributed by atoms with Crippen molar-refractivity contribution in [2.75, 3.05) is 5.73 Å². The highest BCUT2D eigenvalue weighted by Gasteiger charge is 2.06. The van der Waals surface area contributed by atoms with Crippen molar-refractivity contribution in [3.8, 4) is 17.0 Å². The van der Waals surface area contributed by atoms with Crippen molar-refractivity contribution in [1.29, 1.82) is 0 Å². The highest BCUT2D eigenvalue weighted by molar-refractivity contribution is 5.58. The van der Waals surface area contributed by atoms with Gasteiger partial charge in [0.1, 0.15) is 18.1 Å². The van der Waals surface area contributed by atoms with Gasteiger partial charge >= 0.3 is 0 Å². The number of aromatic nitrogens is 1. The number of nitrogens with two attached hydrogens (primary N) is 1. The lowest BCUT2D eigenvalue weighted by Gasteiger charge is -2.03. The zero-order valence-electron chi connectivity index (χ0n) is 10.8. The summed E-state index contributed by atoms with van der Waals surface area (Å²) >= 11 is 0. The molecule has 2 N–H and O–H groups in total. The molecular weight excluding hydrogens is 252 g/mol. The minimum atomic E-state index is 0.337. The fourth-order valence-electron chi connectivity index (χ4n) is 1.84. The second-order valence-electron chi connectivity index (χ2n) is 4.40. The first-order valence-electron chi connectivity index (χ1n) is 6.30. The summed E-state index contributed by atoms with van der Waals surface area (Å²) in [6.07, 6.45) is 0. The van der Waals surface area contributed by atoms with Gasteiger partial charge in [-0.2, -0.15) is 0 Å². The zero-order valence-corrected chi connectivity index (χ0v) is 10.8. The molecule has 0 aliphatic rings. The predicted octanol–water partition coefficient (Wildman–Crippen LogP) is 3.50. The minimum absolute atomic E-state index is 0.337. The number of nitrogens with zero attached hydrogens (tertiary/aromatic N) is 1. The first kappa shape index (κ1) is 12.3. The third-order valence-corrected chi connectivity index (χ3v) is 2.89. The Balaban J connectivity index is 1.67. The van der Waals surface area contributed by atoms with Crippen molar-refractivity contribution >= 4 is 5.69 Å². The minimum Gasteiger partial charge on any atom is -0.486 e. The van der Waals surface area contributed by atoms with Gasteiger partial charge in [-0.25, -0.2) is 0 Å². The third-order valence-electron chi connectivity index (χ3n) is 2.89. The smallest absolute Gasteiger partial charge is 0.174 e. The second kappa shape index (κ2) is 5.48. The molecule has 3 rings (SSSR count). The van der Waals surface area contributed by atoms with Crippen LogP contribution < -0.4 is 10.5 Å². The molecule has 0 saturated carbocycles. The molecule has 4 heteroatoms. The summed E-state index contributed by atoms with van der Waals surface area (Å²) in [5.74, 6) is 1.43. The first-order valence-corrected chi connectivity index (χ1v) is 6.30. The number of anilines is 1. The highest BCUT2D eigenvalue weighted by atomic mass is 16.5. The second-order valence-corrected chi connectivity index (χ2v) is 4.40. The van der Waals surface area contributed by atoms with Crippen molar-refractivity contribution in [2.45, 2.75) is 6.61 Å². The van der Waals surface area contributed by atoms with Crippen LogP contribution in [-0.2, 0) is 6.61 Å². The third kappa shape index (κ3) is 2.80. The van der Waals surface area contributed by atoms with E-state index >= 15 is 0 Å². The molecule has 0 saturated heterocycles. The summed E-state index contributed by atoms with van der Waals surface area (Å²) in [7, 11) is 0. The van der Waals surface area contributed by atoms with Gasteiger partial charge in [0, 0.05) is 17.3 Å². The Bertz CT molecular complexity index is 675. The Morgan fingerprint density at radius 3 is 2.50 bits per heavy atom. The summed E-state index contributed by atoms with van der Waals surface area (Å²) in [6, 6.07) is 19.0. The summed E-state index contributed by atoms with van der Waals surface area (Å²) in [5.41, 5.74) is 8.16. The Labute approximate surface area is 116 Å². The predicted molar refractivity (Wildman–Crippen MR) is 77.1 cm³/mol. The maximum Gasteiger partial charge on any atom is 0.174 e. The molecule has 4 nitrogen and oxygen atoms in total. The monoisotopic (exact) mass is 266 g/mol. The molecule has 0 spiro atoms. The molecule has 100 valence electrons. The van der Waals surface area contributed by atoms with E-state index < -0.39 is 0 Å². The molecule has 1 heterocycles. The fourth-order valence-corrected chi connectivity index (χ4v) is 1.84. The maximum atomic E-state index is 5.62. The van der Waals surface area contributed by atoms with Gasteiger partial charge in [0.05, 0.1) is 0 Å². The van der Waals surface area contributed by atoms with Gasteiger partial charge in [-0.05, 0) is 24.3 Å². The van der Waals surface area contributed by atoms with Crippen molar-refractivity contribution in [3.05, 3.63) is 66.4 Å². The van der Waals surface area contributed by atoms with E-state index in [-0.39, 0.29) is 0 Å². The Morgan fingerprint density at radius 1 is 1.00 bits per heavy atom. The van der Waals surface area contributed by atoms with Crippen LogP contribution in [0.25, 0.3) is 11.3 Å². The van der Waals surface area contributed by atoms with E-state index in [1.807, 2.05) is 48.5 Å². The molecule has 1 aromatic heterocycles. The Morgan fingerprint density at radius 2 is 1.75 bits per heavy atom. The van der Waals surface area contributed by atoms with E-state index in [4.69, 9.17) is 15.0 Å².